The average Bonchev–Trinajstić information content (AvgIpc) is 1.78. The molecule has 0 aromatic heterocycles. The molecule has 0 saturated carbocycles. The summed E-state index contributed by atoms with van der Waals surface area (Å²) in [6.07, 6.45) is 1.26. The van der Waals surface area contributed by atoms with Crippen molar-refractivity contribution in [2.75, 3.05) is 13.6 Å². The van der Waals surface area contributed by atoms with Gasteiger partial charge in [0.15, 0.2) is 0 Å². The van der Waals surface area contributed by atoms with Crippen LogP contribution in [0.15, 0.2) is 0 Å². The van der Waals surface area contributed by atoms with Gasteiger partial charge in [0.05, 0.1) is 0 Å². The fourth-order valence-corrected chi connectivity index (χ4v) is 0.839. The van der Waals surface area contributed by atoms with E-state index in [1.807, 2.05) is 0 Å². The first-order valence-electron chi connectivity index (χ1n) is 4.84. The van der Waals surface area contributed by atoms with E-state index in [-0.39, 0.29) is 0 Å². The molecule has 0 fully saturated rings. The first kappa shape index (κ1) is 12.0. The van der Waals surface area contributed by atoms with Crippen LogP contribution in [0.2, 0.25) is 0 Å². The lowest BCUT2D eigenvalue weighted by molar-refractivity contribution is 0.153. The van der Waals surface area contributed by atoms with Gasteiger partial charge in [0.2, 0.25) is 0 Å². The fraction of sp³-hybridized carbons (Fsp3) is 1.00. The quantitative estimate of drug-likeness (QED) is 0.617. The standard InChI is InChI=1S/C11H25N/c1-10(2,3)8-9-12(7)11(4,5)6/h8-9H2,1-7H3. The lowest BCUT2D eigenvalue weighted by Gasteiger charge is -2.34. The Balaban J connectivity index is 3.80. The van der Waals surface area contributed by atoms with Crippen molar-refractivity contribution in [2.45, 2.75) is 53.5 Å². The monoisotopic (exact) mass is 171 g/mol. The van der Waals surface area contributed by atoms with E-state index in [1.165, 1.54) is 13.0 Å². The first-order valence-corrected chi connectivity index (χ1v) is 4.84. The second kappa shape index (κ2) is 3.78. The van der Waals surface area contributed by atoms with Crippen molar-refractivity contribution in [3.8, 4) is 0 Å². The molecule has 0 N–H and O–H groups in total. The third-order valence-electron chi connectivity index (χ3n) is 2.34. The summed E-state index contributed by atoms with van der Waals surface area (Å²) in [4.78, 5) is 2.41. The van der Waals surface area contributed by atoms with E-state index in [0.717, 1.165) is 0 Å². The molecule has 0 amide bonds. The molecule has 0 aliphatic heterocycles. The van der Waals surface area contributed by atoms with Crippen LogP contribution in [0.3, 0.4) is 0 Å². The van der Waals surface area contributed by atoms with Crippen LogP contribution in [0.25, 0.3) is 0 Å². The molecule has 0 aromatic carbocycles. The van der Waals surface area contributed by atoms with Gasteiger partial charge in [-0.25, -0.2) is 0 Å². The zero-order valence-corrected chi connectivity index (χ0v) is 9.86. The predicted molar refractivity (Wildman–Crippen MR) is 56.5 cm³/mol. The fourth-order valence-electron chi connectivity index (χ4n) is 0.839. The summed E-state index contributed by atoms with van der Waals surface area (Å²) in [5, 5.41) is 0. The third kappa shape index (κ3) is 5.59. The molecule has 0 bridgehead atoms. The molecule has 0 radical (unpaired) electrons. The average molecular weight is 171 g/mol. The molecule has 0 spiro atoms. The molecule has 0 rings (SSSR count). The van der Waals surface area contributed by atoms with Crippen molar-refractivity contribution >= 4 is 0 Å². The van der Waals surface area contributed by atoms with Crippen molar-refractivity contribution < 1.29 is 0 Å². The minimum absolute atomic E-state index is 0.311. The largest absolute Gasteiger partial charge is 0.301 e. The zero-order valence-electron chi connectivity index (χ0n) is 9.86. The smallest absolute Gasteiger partial charge is 0.0122 e. The van der Waals surface area contributed by atoms with Crippen LogP contribution in [0.1, 0.15) is 48.0 Å². The molecule has 0 aliphatic carbocycles. The highest BCUT2D eigenvalue weighted by Crippen LogP contribution is 2.20. The summed E-state index contributed by atoms with van der Waals surface area (Å²) < 4.78 is 0. The molecule has 1 nitrogen and oxygen atoms in total. The molecular weight excluding hydrogens is 146 g/mol. The van der Waals surface area contributed by atoms with Crippen LogP contribution < -0.4 is 0 Å². The number of hydrogen-bond acceptors (Lipinski definition) is 1. The molecule has 0 saturated heterocycles. The Morgan fingerprint density at radius 1 is 0.917 bits per heavy atom. The second-order valence-electron chi connectivity index (χ2n) is 5.90. The normalized spacial score (nSPS) is 14.0. The highest BCUT2D eigenvalue weighted by molar-refractivity contribution is 4.74. The number of nitrogens with zero attached hydrogens (tertiary/aromatic N) is 1. The van der Waals surface area contributed by atoms with Gasteiger partial charge >= 0.3 is 0 Å². The van der Waals surface area contributed by atoms with Gasteiger partial charge in [-0.15, -0.1) is 0 Å². The van der Waals surface area contributed by atoms with E-state index in [2.05, 4.69) is 53.5 Å². The van der Waals surface area contributed by atoms with E-state index >= 15 is 0 Å². The highest BCUT2D eigenvalue weighted by Gasteiger charge is 2.19. The Labute approximate surface area is 78.1 Å². The van der Waals surface area contributed by atoms with E-state index in [1.54, 1.807) is 0 Å². The van der Waals surface area contributed by atoms with E-state index in [9.17, 15) is 0 Å². The van der Waals surface area contributed by atoms with Gasteiger partial charge in [-0.05, 0) is 46.2 Å². The summed E-state index contributed by atoms with van der Waals surface area (Å²) >= 11 is 0. The number of rotatable bonds is 2. The van der Waals surface area contributed by atoms with Crippen LogP contribution in [-0.4, -0.2) is 24.0 Å². The van der Waals surface area contributed by atoms with Gasteiger partial charge in [0, 0.05) is 5.54 Å². The Morgan fingerprint density at radius 2 is 1.33 bits per heavy atom. The van der Waals surface area contributed by atoms with Gasteiger partial charge in [-0.2, -0.15) is 0 Å². The van der Waals surface area contributed by atoms with E-state index < -0.39 is 0 Å². The summed E-state index contributed by atoms with van der Waals surface area (Å²) in [6, 6.07) is 0. The van der Waals surface area contributed by atoms with Crippen molar-refractivity contribution in [2.24, 2.45) is 5.41 Å². The molecule has 12 heavy (non-hydrogen) atoms. The van der Waals surface area contributed by atoms with Crippen LogP contribution in [0.5, 0.6) is 0 Å². The van der Waals surface area contributed by atoms with Gasteiger partial charge < -0.3 is 4.90 Å². The Morgan fingerprint density at radius 3 is 1.58 bits per heavy atom. The first-order chi connectivity index (χ1) is 5.13. The van der Waals surface area contributed by atoms with Crippen LogP contribution in [0, 0.1) is 5.41 Å². The van der Waals surface area contributed by atoms with E-state index in [4.69, 9.17) is 0 Å². The van der Waals surface area contributed by atoms with Crippen LogP contribution >= 0.6 is 0 Å². The molecule has 0 atom stereocenters. The van der Waals surface area contributed by atoms with Crippen LogP contribution in [0.4, 0.5) is 0 Å². The zero-order chi connectivity index (χ0) is 9.99. The highest BCUT2D eigenvalue weighted by atomic mass is 15.1. The molecule has 74 valence electrons. The Kier molecular flexibility index (Phi) is 3.77. The summed E-state index contributed by atoms with van der Waals surface area (Å²) in [7, 11) is 2.20. The maximum atomic E-state index is 2.41. The van der Waals surface area contributed by atoms with Gasteiger partial charge in [0.1, 0.15) is 0 Å². The topological polar surface area (TPSA) is 3.24 Å². The third-order valence-corrected chi connectivity index (χ3v) is 2.34. The molecule has 0 heterocycles. The van der Waals surface area contributed by atoms with Crippen molar-refractivity contribution in [1.82, 2.24) is 4.90 Å². The minimum Gasteiger partial charge on any atom is -0.301 e. The van der Waals surface area contributed by atoms with Gasteiger partial charge in [-0.1, -0.05) is 20.8 Å². The molecule has 0 aromatic rings. The minimum atomic E-state index is 0.311. The maximum Gasteiger partial charge on any atom is 0.0122 e. The lowest BCUT2D eigenvalue weighted by atomic mass is 9.91. The van der Waals surface area contributed by atoms with E-state index in [0.29, 0.717) is 11.0 Å². The second-order valence-corrected chi connectivity index (χ2v) is 5.90. The molecule has 0 unspecified atom stereocenters. The van der Waals surface area contributed by atoms with Crippen LogP contribution in [-0.2, 0) is 0 Å². The summed E-state index contributed by atoms with van der Waals surface area (Å²) in [5.74, 6) is 0. The Hall–Kier alpha value is -0.0400. The van der Waals surface area contributed by atoms with Crippen molar-refractivity contribution in [1.29, 1.82) is 0 Å². The number of hydrogen-bond donors (Lipinski definition) is 0. The van der Waals surface area contributed by atoms with Gasteiger partial charge in [-0.3, -0.25) is 0 Å². The molecular formula is C11H25N. The molecule has 0 aliphatic rings. The maximum absolute atomic E-state index is 2.41. The molecule has 1 heteroatoms. The lowest BCUT2D eigenvalue weighted by Crippen LogP contribution is -2.39. The van der Waals surface area contributed by atoms with Crippen molar-refractivity contribution in [3.63, 3.8) is 0 Å². The summed E-state index contributed by atoms with van der Waals surface area (Å²) in [5.41, 5.74) is 0.769. The predicted octanol–water partition coefficient (Wildman–Crippen LogP) is 3.15. The van der Waals surface area contributed by atoms with Gasteiger partial charge in [0.25, 0.3) is 0 Å². The van der Waals surface area contributed by atoms with Crippen molar-refractivity contribution in [3.05, 3.63) is 0 Å². The SMILES string of the molecule is CN(CCC(C)(C)C)C(C)(C)C. The summed E-state index contributed by atoms with van der Waals surface area (Å²) in [6.45, 7) is 14.9. The Bertz CT molecular complexity index is 125.